The zero-order valence-electron chi connectivity index (χ0n) is 11.0. The van der Waals surface area contributed by atoms with Gasteiger partial charge in [0, 0.05) is 24.5 Å². The van der Waals surface area contributed by atoms with E-state index in [2.05, 4.69) is 10.3 Å². The Morgan fingerprint density at radius 1 is 1.65 bits per heavy atom. The summed E-state index contributed by atoms with van der Waals surface area (Å²) in [4.78, 5) is 28.6. The number of β-amino-alcohol motifs (C(OH)–C–C–N with tert-alkyl or cyclic N) is 1. The normalized spacial score (nSPS) is 23.6. The number of aliphatic carboxylic acids is 1. The van der Waals surface area contributed by atoms with Crippen LogP contribution in [-0.2, 0) is 4.79 Å². The number of nitrogens with zero attached hydrogens (tertiary/aromatic N) is 2. The summed E-state index contributed by atoms with van der Waals surface area (Å²) in [6, 6.07) is -1.69. The summed E-state index contributed by atoms with van der Waals surface area (Å²) in [7, 11) is 0. The summed E-state index contributed by atoms with van der Waals surface area (Å²) in [6.07, 6.45) is 1.60. The Bertz CT molecular complexity index is 479. The van der Waals surface area contributed by atoms with Crippen molar-refractivity contribution in [2.75, 3.05) is 6.54 Å². The molecule has 1 aliphatic rings. The Balaban J connectivity index is 2.05. The van der Waals surface area contributed by atoms with Crippen LogP contribution in [0.4, 0.5) is 4.79 Å². The van der Waals surface area contributed by atoms with Crippen LogP contribution in [0.15, 0.2) is 11.6 Å². The van der Waals surface area contributed by atoms with E-state index in [-0.39, 0.29) is 19.0 Å². The SMILES string of the molecule is CCC(NC(=O)N1C[C@H](O)C[C@@H]1C(=O)O)c1nccs1. The van der Waals surface area contributed by atoms with E-state index in [9.17, 15) is 14.7 Å². The molecule has 2 amide bonds. The van der Waals surface area contributed by atoms with Crippen LogP contribution in [0.3, 0.4) is 0 Å². The van der Waals surface area contributed by atoms with Crippen molar-refractivity contribution in [2.24, 2.45) is 0 Å². The Morgan fingerprint density at radius 3 is 2.95 bits per heavy atom. The lowest BCUT2D eigenvalue weighted by atomic mass is 10.2. The number of amides is 2. The van der Waals surface area contributed by atoms with Gasteiger partial charge in [-0.25, -0.2) is 14.6 Å². The molecule has 0 aromatic carbocycles. The van der Waals surface area contributed by atoms with E-state index < -0.39 is 24.1 Å². The van der Waals surface area contributed by atoms with Gasteiger partial charge in [-0.2, -0.15) is 0 Å². The first kappa shape index (κ1) is 14.7. The van der Waals surface area contributed by atoms with E-state index in [4.69, 9.17) is 5.11 Å². The topological polar surface area (TPSA) is 103 Å². The predicted molar refractivity (Wildman–Crippen MR) is 72.4 cm³/mol. The summed E-state index contributed by atoms with van der Waals surface area (Å²) in [6.45, 7) is 1.96. The number of likely N-dealkylation sites (tertiary alicyclic amines) is 1. The van der Waals surface area contributed by atoms with Crippen LogP contribution < -0.4 is 5.32 Å². The molecule has 1 aliphatic heterocycles. The molecule has 110 valence electrons. The average Bonchev–Trinajstić information content (AvgIpc) is 3.04. The molecule has 0 aliphatic carbocycles. The minimum absolute atomic E-state index is 0.0388. The Hall–Kier alpha value is -1.67. The standard InChI is InChI=1S/C12H17N3O4S/c1-2-8(10-13-3-4-20-10)14-12(19)15-6-7(16)5-9(15)11(17)18/h3-4,7-9,16H,2,5-6H2,1H3,(H,14,19)(H,17,18)/t7-,8?,9-/m1/s1. The summed E-state index contributed by atoms with van der Waals surface area (Å²) < 4.78 is 0. The lowest BCUT2D eigenvalue weighted by Crippen LogP contribution is -2.47. The van der Waals surface area contributed by atoms with Gasteiger partial charge in [-0.1, -0.05) is 6.92 Å². The highest BCUT2D eigenvalue weighted by Gasteiger charge is 2.39. The third kappa shape index (κ3) is 3.07. The molecular formula is C12H17N3O4S. The largest absolute Gasteiger partial charge is 0.480 e. The van der Waals surface area contributed by atoms with Gasteiger partial charge in [-0.15, -0.1) is 11.3 Å². The third-order valence-corrected chi connectivity index (χ3v) is 4.17. The summed E-state index contributed by atoms with van der Waals surface area (Å²) in [5.41, 5.74) is 0. The number of aliphatic hydroxyl groups excluding tert-OH is 1. The van der Waals surface area contributed by atoms with E-state index in [1.165, 1.54) is 16.2 Å². The van der Waals surface area contributed by atoms with Gasteiger partial charge in [-0.3, -0.25) is 0 Å². The highest BCUT2D eigenvalue weighted by atomic mass is 32.1. The first-order valence-corrected chi connectivity index (χ1v) is 7.28. The lowest BCUT2D eigenvalue weighted by Gasteiger charge is -2.24. The van der Waals surface area contributed by atoms with Gasteiger partial charge in [0.1, 0.15) is 11.0 Å². The number of nitrogens with one attached hydrogen (secondary N) is 1. The second-order valence-electron chi connectivity index (χ2n) is 4.68. The molecule has 7 nitrogen and oxygen atoms in total. The fraction of sp³-hybridized carbons (Fsp3) is 0.583. The highest BCUT2D eigenvalue weighted by Crippen LogP contribution is 2.22. The molecule has 2 rings (SSSR count). The molecule has 2 heterocycles. The van der Waals surface area contributed by atoms with Gasteiger partial charge in [0.15, 0.2) is 0 Å². The molecule has 1 fully saturated rings. The van der Waals surface area contributed by atoms with Crippen LogP contribution in [0.25, 0.3) is 0 Å². The first-order chi connectivity index (χ1) is 9.52. The van der Waals surface area contributed by atoms with E-state index in [0.29, 0.717) is 6.42 Å². The van der Waals surface area contributed by atoms with Gasteiger partial charge < -0.3 is 20.4 Å². The van der Waals surface area contributed by atoms with Crippen molar-refractivity contribution >= 4 is 23.3 Å². The van der Waals surface area contributed by atoms with Crippen LogP contribution in [-0.4, -0.2) is 50.8 Å². The molecule has 20 heavy (non-hydrogen) atoms. The number of aromatic nitrogens is 1. The molecule has 0 spiro atoms. The molecule has 8 heteroatoms. The number of thiazole rings is 1. The fourth-order valence-electron chi connectivity index (χ4n) is 2.25. The van der Waals surface area contributed by atoms with Crippen LogP contribution in [0.5, 0.6) is 0 Å². The molecule has 1 aromatic rings. The van der Waals surface area contributed by atoms with Crippen LogP contribution >= 0.6 is 11.3 Å². The maximum Gasteiger partial charge on any atom is 0.326 e. The van der Waals surface area contributed by atoms with Crippen molar-refractivity contribution in [1.82, 2.24) is 15.2 Å². The number of urea groups is 1. The number of hydrogen-bond acceptors (Lipinski definition) is 5. The number of hydrogen-bond donors (Lipinski definition) is 3. The van der Waals surface area contributed by atoms with Crippen molar-refractivity contribution in [2.45, 2.75) is 38.0 Å². The second-order valence-corrected chi connectivity index (χ2v) is 5.60. The molecule has 0 saturated carbocycles. The number of carboxylic acid groups (broad SMARTS) is 1. The van der Waals surface area contributed by atoms with Crippen molar-refractivity contribution in [3.8, 4) is 0 Å². The average molecular weight is 299 g/mol. The molecule has 3 N–H and O–H groups in total. The monoisotopic (exact) mass is 299 g/mol. The van der Waals surface area contributed by atoms with Gasteiger partial charge in [0.25, 0.3) is 0 Å². The van der Waals surface area contributed by atoms with Crippen molar-refractivity contribution in [3.05, 3.63) is 16.6 Å². The van der Waals surface area contributed by atoms with Crippen molar-refractivity contribution < 1.29 is 19.8 Å². The van der Waals surface area contributed by atoms with E-state index >= 15 is 0 Å². The van der Waals surface area contributed by atoms with Gasteiger partial charge in [0.2, 0.25) is 0 Å². The molecular weight excluding hydrogens is 282 g/mol. The summed E-state index contributed by atoms with van der Waals surface area (Å²) in [5, 5.41) is 24.0. The minimum atomic E-state index is -1.10. The smallest absolute Gasteiger partial charge is 0.326 e. The number of carbonyl (C=O) groups excluding carboxylic acids is 1. The van der Waals surface area contributed by atoms with Crippen LogP contribution in [0.2, 0.25) is 0 Å². The molecule has 0 bridgehead atoms. The Morgan fingerprint density at radius 2 is 2.40 bits per heavy atom. The zero-order chi connectivity index (χ0) is 14.7. The minimum Gasteiger partial charge on any atom is -0.480 e. The third-order valence-electron chi connectivity index (χ3n) is 3.28. The second kappa shape index (κ2) is 6.19. The first-order valence-electron chi connectivity index (χ1n) is 6.40. The van der Waals surface area contributed by atoms with Crippen molar-refractivity contribution in [1.29, 1.82) is 0 Å². The molecule has 1 unspecified atom stereocenters. The van der Waals surface area contributed by atoms with E-state index in [1.807, 2.05) is 12.3 Å². The maximum atomic E-state index is 12.2. The number of carbonyl (C=O) groups is 2. The summed E-state index contributed by atoms with van der Waals surface area (Å²) in [5.74, 6) is -1.10. The van der Waals surface area contributed by atoms with Crippen molar-refractivity contribution in [3.63, 3.8) is 0 Å². The Kier molecular flexibility index (Phi) is 4.56. The lowest BCUT2D eigenvalue weighted by molar-refractivity contribution is -0.141. The molecule has 3 atom stereocenters. The molecule has 1 aromatic heterocycles. The van der Waals surface area contributed by atoms with E-state index in [1.54, 1.807) is 6.20 Å². The van der Waals surface area contributed by atoms with Gasteiger partial charge in [-0.05, 0) is 6.42 Å². The predicted octanol–water partition coefficient (Wildman–Crippen LogP) is 0.824. The van der Waals surface area contributed by atoms with Crippen LogP contribution in [0, 0.1) is 0 Å². The fourth-order valence-corrected chi connectivity index (χ4v) is 3.02. The van der Waals surface area contributed by atoms with Crippen LogP contribution in [0.1, 0.15) is 30.8 Å². The number of carboxylic acids is 1. The van der Waals surface area contributed by atoms with Gasteiger partial charge in [0.05, 0.1) is 12.1 Å². The Labute approximate surface area is 120 Å². The quantitative estimate of drug-likeness (QED) is 0.764. The van der Waals surface area contributed by atoms with E-state index in [0.717, 1.165) is 5.01 Å². The van der Waals surface area contributed by atoms with Gasteiger partial charge >= 0.3 is 12.0 Å². The molecule has 1 saturated heterocycles. The highest BCUT2D eigenvalue weighted by molar-refractivity contribution is 7.09. The maximum absolute atomic E-state index is 12.2. The number of rotatable bonds is 4. The zero-order valence-corrected chi connectivity index (χ0v) is 11.8. The molecule has 0 radical (unpaired) electrons. The number of aliphatic hydroxyl groups is 1. The summed E-state index contributed by atoms with van der Waals surface area (Å²) >= 11 is 1.44.